The van der Waals surface area contributed by atoms with Gasteiger partial charge in [0.2, 0.25) is 0 Å². The van der Waals surface area contributed by atoms with Crippen molar-refractivity contribution in [2.24, 2.45) is 0 Å². The van der Waals surface area contributed by atoms with Crippen molar-refractivity contribution in [2.75, 3.05) is 57.7 Å². The second kappa shape index (κ2) is 9.08. The van der Waals surface area contributed by atoms with Gasteiger partial charge in [-0.25, -0.2) is 4.79 Å². The molecule has 7 heteroatoms. The highest BCUT2D eigenvalue weighted by molar-refractivity contribution is 6.42. The average molecular weight is 385 g/mol. The molecule has 2 heterocycles. The number of urea groups is 1. The predicted molar refractivity (Wildman–Crippen MR) is 104 cm³/mol. The van der Waals surface area contributed by atoms with Crippen molar-refractivity contribution in [3.8, 4) is 0 Å². The molecular weight excluding hydrogens is 359 g/mol. The van der Waals surface area contributed by atoms with E-state index in [0.717, 1.165) is 32.7 Å². The van der Waals surface area contributed by atoms with Crippen LogP contribution in [0.5, 0.6) is 0 Å². The van der Waals surface area contributed by atoms with Crippen molar-refractivity contribution >= 4 is 34.9 Å². The monoisotopic (exact) mass is 384 g/mol. The van der Waals surface area contributed by atoms with Crippen LogP contribution in [0.25, 0.3) is 0 Å². The topological polar surface area (TPSA) is 38.8 Å². The minimum absolute atomic E-state index is 0.0740. The first-order valence-electron chi connectivity index (χ1n) is 9.07. The van der Waals surface area contributed by atoms with E-state index in [4.69, 9.17) is 23.2 Å². The molecule has 0 unspecified atom stereocenters. The summed E-state index contributed by atoms with van der Waals surface area (Å²) >= 11 is 11.9. The van der Waals surface area contributed by atoms with Crippen LogP contribution in [-0.2, 0) is 0 Å². The molecule has 138 valence electrons. The summed E-state index contributed by atoms with van der Waals surface area (Å²) in [5.74, 6) is 0. The zero-order chi connectivity index (χ0) is 17.6. The quantitative estimate of drug-likeness (QED) is 0.842. The molecule has 0 spiro atoms. The Balaban J connectivity index is 1.37. The lowest BCUT2D eigenvalue weighted by Crippen LogP contribution is -2.50. The van der Waals surface area contributed by atoms with Gasteiger partial charge in [-0.1, -0.05) is 23.2 Å². The lowest BCUT2D eigenvalue weighted by molar-refractivity contribution is 0.143. The zero-order valence-electron chi connectivity index (χ0n) is 14.5. The third-order valence-corrected chi connectivity index (χ3v) is 5.72. The van der Waals surface area contributed by atoms with E-state index in [1.54, 1.807) is 18.2 Å². The Labute approximate surface area is 159 Å². The number of nitrogens with zero attached hydrogens (tertiary/aromatic N) is 3. The molecule has 0 saturated carbocycles. The van der Waals surface area contributed by atoms with Crippen molar-refractivity contribution in [3.63, 3.8) is 0 Å². The molecule has 0 radical (unpaired) electrons. The minimum Gasteiger partial charge on any atom is -0.322 e. The van der Waals surface area contributed by atoms with Crippen LogP contribution >= 0.6 is 23.2 Å². The van der Waals surface area contributed by atoms with Gasteiger partial charge in [-0.3, -0.25) is 4.90 Å². The van der Waals surface area contributed by atoms with Crippen molar-refractivity contribution in [1.82, 2.24) is 14.7 Å². The third kappa shape index (κ3) is 5.48. The number of benzene rings is 1. The molecule has 1 aromatic rings. The van der Waals surface area contributed by atoms with Crippen LogP contribution in [0.4, 0.5) is 10.5 Å². The Morgan fingerprint density at radius 1 is 0.920 bits per heavy atom. The first kappa shape index (κ1) is 18.8. The summed E-state index contributed by atoms with van der Waals surface area (Å²) in [6.07, 6.45) is 3.93. The molecule has 25 heavy (non-hydrogen) atoms. The lowest BCUT2D eigenvalue weighted by atomic mass is 10.3. The molecule has 1 aromatic carbocycles. The van der Waals surface area contributed by atoms with Gasteiger partial charge in [-0.15, -0.1) is 0 Å². The molecule has 2 saturated heterocycles. The highest BCUT2D eigenvalue weighted by Crippen LogP contribution is 2.25. The van der Waals surface area contributed by atoms with Crippen LogP contribution in [-0.4, -0.2) is 73.1 Å². The summed E-state index contributed by atoms with van der Waals surface area (Å²) in [6.45, 7) is 8.26. The average Bonchev–Trinajstić information content (AvgIpc) is 3.12. The highest BCUT2D eigenvalue weighted by atomic mass is 35.5. The molecule has 0 atom stereocenters. The van der Waals surface area contributed by atoms with Crippen LogP contribution in [0.3, 0.4) is 0 Å². The van der Waals surface area contributed by atoms with Crippen LogP contribution in [0, 0.1) is 0 Å². The van der Waals surface area contributed by atoms with Crippen molar-refractivity contribution < 1.29 is 4.79 Å². The number of rotatable bonds is 5. The summed E-state index contributed by atoms with van der Waals surface area (Å²) in [4.78, 5) is 19.2. The van der Waals surface area contributed by atoms with E-state index in [2.05, 4.69) is 15.1 Å². The SMILES string of the molecule is O=C(Nc1ccc(Cl)c(Cl)c1)N1CCN(CCCN2CCCC2)CC1. The van der Waals surface area contributed by atoms with E-state index in [1.807, 2.05) is 4.90 Å². The molecule has 2 aliphatic heterocycles. The number of anilines is 1. The van der Waals surface area contributed by atoms with Crippen molar-refractivity contribution in [3.05, 3.63) is 28.2 Å². The Hall–Kier alpha value is -1.01. The van der Waals surface area contributed by atoms with Crippen molar-refractivity contribution in [1.29, 1.82) is 0 Å². The Morgan fingerprint density at radius 3 is 2.20 bits per heavy atom. The minimum atomic E-state index is -0.0740. The number of amides is 2. The number of carbonyl (C=O) groups is 1. The maximum Gasteiger partial charge on any atom is 0.321 e. The smallest absolute Gasteiger partial charge is 0.321 e. The normalized spacial score (nSPS) is 19.4. The van der Waals surface area contributed by atoms with Crippen LogP contribution in [0.2, 0.25) is 10.0 Å². The van der Waals surface area contributed by atoms with Gasteiger partial charge in [0.1, 0.15) is 0 Å². The Morgan fingerprint density at radius 2 is 1.56 bits per heavy atom. The van der Waals surface area contributed by atoms with E-state index in [-0.39, 0.29) is 6.03 Å². The molecular formula is C18H26Cl2N4O. The molecule has 1 N–H and O–H groups in total. The summed E-state index contributed by atoms with van der Waals surface area (Å²) < 4.78 is 0. The number of likely N-dealkylation sites (tertiary alicyclic amines) is 1. The third-order valence-electron chi connectivity index (χ3n) is 4.98. The summed E-state index contributed by atoms with van der Waals surface area (Å²) in [7, 11) is 0. The van der Waals surface area contributed by atoms with Crippen LogP contribution in [0.15, 0.2) is 18.2 Å². The molecule has 0 bridgehead atoms. The number of carbonyl (C=O) groups excluding carboxylic acids is 1. The lowest BCUT2D eigenvalue weighted by Gasteiger charge is -2.35. The van der Waals surface area contributed by atoms with Gasteiger partial charge in [0.25, 0.3) is 0 Å². The number of piperazine rings is 1. The van der Waals surface area contributed by atoms with E-state index in [0.29, 0.717) is 15.7 Å². The van der Waals surface area contributed by atoms with Gasteiger partial charge >= 0.3 is 6.03 Å². The number of hydrogen-bond acceptors (Lipinski definition) is 3. The van der Waals surface area contributed by atoms with Crippen molar-refractivity contribution in [2.45, 2.75) is 19.3 Å². The first-order valence-corrected chi connectivity index (χ1v) is 9.83. The fourth-order valence-corrected chi connectivity index (χ4v) is 3.77. The van der Waals surface area contributed by atoms with Crippen LogP contribution in [0.1, 0.15) is 19.3 Å². The Bertz CT molecular complexity index is 584. The van der Waals surface area contributed by atoms with E-state index >= 15 is 0 Å². The van der Waals surface area contributed by atoms with Gasteiger partial charge in [-0.2, -0.15) is 0 Å². The van der Waals surface area contributed by atoms with E-state index in [1.165, 1.54) is 38.9 Å². The van der Waals surface area contributed by atoms with Crippen LogP contribution < -0.4 is 5.32 Å². The molecule has 3 rings (SSSR count). The van der Waals surface area contributed by atoms with Gasteiger partial charge in [-0.05, 0) is 63.6 Å². The zero-order valence-corrected chi connectivity index (χ0v) is 16.0. The second-order valence-corrected chi connectivity index (χ2v) is 7.60. The van der Waals surface area contributed by atoms with Gasteiger partial charge in [0.15, 0.2) is 0 Å². The van der Waals surface area contributed by atoms with Gasteiger partial charge in [0, 0.05) is 31.9 Å². The standard InChI is InChI=1S/C18H26Cl2N4O/c19-16-5-4-15(14-17(16)20)21-18(25)24-12-10-23(11-13-24)9-3-8-22-6-1-2-7-22/h4-5,14H,1-3,6-13H2,(H,21,25). The number of halogens is 2. The molecule has 0 aromatic heterocycles. The molecule has 2 fully saturated rings. The maximum atomic E-state index is 12.4. The largest absolute Gasteiger partial charge is 0.322 e. The first-order chi connectivity index (χ1) is 12.1. The molecule has 2 aliphatic rings. The van der Waals surface area contributed by atoms with Gasteiger partial charge < -0.3 is 15.1 Å². The summed E-state index contributed by atoms with van der Waals surface area (Å²) in [5.41, 5.74) is 0.674. The molecule has 5 nitrogen and oxygen atoms in total. The summed E-state index contributed by atoms with van der Waals surface area (Å²) in [6, 6.07) is 5.06. The predicted octanol–water partition coefficient (Wildman–Crippen LogP) is 3.63. The van der Waals surface area contributed by atoms with Gasteiger partial charge in [0.05, 0.1) is 10.0 Å². The Kier molecular flexibility index (Phi) is 6.82. The second-order valence-electron chi connectivity index (χ2n) is 6.79. The fourth-order valence-electron chi connectivity index (χ4n) is 3.48. The summed E-state index contributed by atoms with van der Waals surface area (Å²) in [5, 5.41) is 3.83. The van der Waals surface area contributed by atoms with E-state index in [9.17, 15) is 4.79 Å². The van der Waals surface area contributed by atoms with E-state index < -0.39 is 0 Å². The fraction of sp³-hybridized carbons (Fsp3) is 0.611. The number of hydrogen-bond donors (Lipinski definition) is 1. The maximum absolute atomic E-state index is 12.4. The highest BCUT2D eigenvalue weighted by Gasteiger charge is 2.21. The molecule has 0 aliphatic carbocycles. The number of nitrogens with one attached hydrogen (secondary N) is 1. The molecule has 2 amide bonds.